The molecule has 0 saturated carbocycles. The SMILES string of the molecule is COc1ccc2nc(C)c3c(C)nc(-c4ccncc4C)n3c2n1. The quantitative estimate of drug-likeness (QED) is 0.567. The van der Waals surface area contributed by atoms with Crippen molar-refractivity contribution in [2.24, 2.45) is 0 Å². The number of methoxy groups -OCH3 is 1. The first kappa shape index (κ1) is 14.6. The van der Waals surface area contributed by atoms with Gasteiger partial charge >= 0.3 is 0 Å². The van der Waals surface area contributed by atoms with Crippen molar-refractivity contribution >= 4 is 16.7 Å². The Labute approximate surface area is 139 Å². The predicted octanol–water partition coefficient (Wildman–Crippen LogP) is 3.27. The number of hydrogen-bond acceptors (Lipinski definition) is 5. The van der Waals surface area contributed by atoms with Crippen LogP contribution in [0.3, 0.4) is 0 Å². The molecule has 0 fully saturated rings. The Balaban J connectivity index is 2.21. The lowest BCUT2D eigenvalue weighted by atomic mass is 10.1. The fourth-order valence-electron chi connectivity index (χ4n) is 3.09. The van der Waals surface area contributed by atoms with E-state index in [0.717, 1.165) is 45.0 Å². The van der Waals surface area contributed by atoms with E-state index >= 15 is 0 Å². The first-order chi connectivity index (χ1) is 11.6. The van der Waals surface area contributed by atoms with Crippen LogP contribution in [-0.4, -0.2) is 31.4 Å². The highest BCUT2D eigenvalue weighted by atomic mass is 16.5. The monoisotopic (exact) mass is 319 g/mol. The van der Waals surface area contributed by atoms with Gasteiger partial charge < -0.3 is 4.74 Å². The zero-order valence-electron chi connectivity index (χ0n) is 14.0. The lowest BCUT2D eigenvalue weighted by Gasteiger charge is -2.09. The van der Waals surface area contributed by atoms with Gasteiger partial charge in [0.1, 0.15) is 11.3 Å². The fourth-order valence-corrected chi connectivity index (χ4v) is 3.09. The zero-order chi connectivity index (χ0) is 16.8. The lowest BCUT2D eigenvalue weighted by Crippen LogP contribution is -2.01. The summed E-state index contributed by atoms with van der Waals surface area (Å²) < 4.78 is 7.36. The molecule has 0 atom stereocenters. The molecule has 0 aromatic carbocycles. The van der Waals surface area contributed by atoms with Gasteiger partial charge in [0.2, 0.25) is 5.88 Å². The molecule has 4 rings (SSSR count). The topological polar surface area (TPSA) is 65.2 Å². The molecule has 0 saturated heterocycles. The largest absolute Gasteiger partial charge is 0.481 e. The van der Waals surface area contributed by atoms with Crippen LogP contribution in [0.5, 0.6) is 5.88 Å². The van der Waals surface area contributed by atoms with Crippen molar-refractivity contribution in [1.82, 2.24) is 24.3 Å². The van der Waals surface area contributed by atoms with Gasteiger partial charge in [0, 0.05) is 24.0 Å². The van der Waals surface area contributed by atoms with Crippen molar-refractivity contribution < 1.29 is 4.74 Å². The zero-order valence-corrected chi connectivity index (χ0v) is 14.0. The van der Waals surface area contributed by atoms with Crippen molar-refractivity contribution in [3.05, 3.63) is 47.5 Å². The molecule has 0 spiro atoms. The second-order valence-electron chi connectivity index (χ2n) is 5.79. The number of aryl methyl sites for hydroxylation is 3. The minimum absolute atomic E-state index is 0.554. The number of nitrogens with zero attached hydrogens (tertiary/aromatic N) is 5. The lowest BCUT2D eigenvalue weighted by molar-refractivity contribution is 0.399. The van der Waals surface area contributed by atoms with Crippen LogP contribution in [0.1, 0.15) is 17.0 Å². The molecule has 0 aliphatic carbocycles. The molecule has 0 aliphatic heterocycles. The van der Waals surface area contributed by atoms with E-state index in [4.69, 9.17) is 9.72 Å². The number of imidazole rings is 1. The molecule has 6 heteroatoms. The standard InChI is InChI=1S/C18H17N5O/c1-10-9-19-8-7-13(10)17-21-12(3)16-11(2)20-14-5-6-15(24-4)22-18(14)23(16)17/h5-9H,1-4H3. The van der Waals surface area contributed by atoms with Gasteiger partial charge in [-0.05, 0) is 38.5 Å². The number of fused-ring (bicyclic) bond motifs is 3. The minimum Gasteiger partial charge on any atom is -0.481 e. The van der Waals surface area contributed by atoms with Crippen molar-refractivity contribution in [3.8, 4) is 17.3 Å². The van der Waals surface area contributed by atoms with Gasteiger partial charge in [-0.3, -0.25) is 9.38 Å². The molecule has 0 N–H and O–H groups in total. The van der Waals surface area contributed by atoms with Crippen LogP contribution in [-0.2, 0) is 0 Å². The maximum Gasteiger partial charge on any atom is 0.215 e. The van der Waals surface area contributed by atoms with Gasteiger partial charge in [-0.15, -0.1) is 0 Å². The van der Waals surface area contributed by atoms with Crippen molar-refractivity contribution in [1.29, 1.82) is 0 Å². The maximum absolute atomic E-state index is 5.29. The van der Waals surface area contributed by atoms with E-state index < -0.39 is 0 Å². The molecular weight excluding hydrogens is 302 g/mol. The van der Waals surface area contributed by atoms with Gasteiger partial charge in [0.05, 0.1) is 24.0 Å². The molecule has 0 aliphatic rings. The van der Waals surface area contributed by atoms with E-state index in [1.54, 1.807) is 13.3 Å². The Morgan fingerprint density at radius 3 is 2.50 bits per heavy atom. The van der Waals surface area contributed by atoms with Gasteiger partial charge in [0.25, 0.3) is 0 Å². The normalized spacial score (nSPS) is 11.3. The highest BCUT2D eigenvalue weighted by Gasteiger charge is 2.18. The Bertz CT molecular complexity index is 1080. The van der Waals surface area contributed by atoms with Crippen LogP contribution in [0.15, 0.2) is 30.6 Å². The Morgan fingerprint density at radius 1 is 0.958 bits per heavy atom. The number of pyridine rings is 2. The molecule has 0 bridgehead atoms. The molecule has 120 valence electrons. The molecular formula is C18H17N5O. The summed E-state index contributed by atoms with van der Waals surface area (Å²) >= 11 is 0. The highest BCUT2D eigenvalue weighted by Crippen LogP contribution is 2.29. The van der Waals surface area contributed by atoms with Crippen molar-refractivity contribution in [2.45, 2.75) is 20.8 Å². The van der Waals surface area contributed by atoms with Crippen LogP contribution in [0.25, 0.3) is 28.1 Å². The van der Waals surface area contributed by atoms with Crippen molar-refractivity contribution in [3.63, 3.8) is 0 Å². The first-order valence-corrected chi connectivity index (χ1v) is 7.71. The van der Waals surface area contributed by atoms with Crippen LogP contribution in [0.2, 0.25) is 0 Å². The van der Waals surface area contributed by atoms with Crippen LogP contribution in [0, 0.1) is 20.8 Å². The number of hydrogen-bond donors (Lipinski definition) is 0. The second-order valence-corrected chi connectivity index (χ2v) is 5.79. The summed E-state index contributed by atoms with van der Waals surface area (Å²) in [6.07, 6.45) is 3.62. The van der Waals surface area contributed by atoms with Gasteiger partial charge in [-0.1, -0.05) is 0 Å². The smallest absolute Gasteiger partial charge is 0.215 e. The minimum atomic E-state index is 0.554. The number of aromatic nitrogens is 5. The van der Waals surface area contributed by atoms with E-state index in [1.165, 1.54) is 0 Å². The number of ether oxygens (including phenoxy) is 1. The third kappa shape index (κ3) is 2.03. The summed E-state index contributed by atoms with van der Waals surface area (Å²) in [4.78, 5) is 18.3. The van der Waals surface area contributed by atoms with Gasteiger partial charge in [-0.2, -0.15) is 4.98 Å². The molecule has 4 heterocycles. The third-order valence-electron chi connectivity index (χ3n) is 4.19. The van der Waals surface area contributed by atoms with Crippen LogP contribution in [0.4, 0.5) is 0 Å². The molecule has 0 unspecified atom stereocenters. The van der Waals surface area contributed by atoms with E-state index in [0.29, 0.717) is 5.88 Å². The van der Waals surface area contributed by atoms with Crippen molar-refractivity contribution in [2.75, 3.05) is 7.11 Å². The molecule has 0 radical (unpaired) electrons. The highest BCUT2D eigenvalue weighted by molar-refractivity contribution is 5.81. The molecule has 4 aromatic heterocycles. The average Bonchev–Trinajstić information content (AvgIpc) is 2.93. The predicted molar refractivity (Wildman–Crippen MR) is 92.3 cm³/mol. The van der Waals surface area contributed by atoms with E-state index in [-0.39, 0.29) is 0 Å². The average molecular weight is 319 g/mol. The summed E-state index contributed by atoms with van der Waals surface area (Å²) in [6.45, 7) is 6.02. The second kappa shape index (κ2) is 5.26. The summed E-state index contributed by atoms with van der Waals surface area (Å²) in [5.41, 5.74) is 6.48. The molecule has 24 heavy (non-hydrogen) atoms. The fraction of sp³-hybridized carbons (Fsp3) is 0.222. The third-order valence-corrected chi connectivity index (χ3v) is 4.19. The summed E-state index contributed by atoms with van der Waals surface area (Å²) in [7, 11) is 1.61. The Kier molecular flexibility index (Phi) is 3.19. The van der Waals surface area contributed by atoms with Crippen LogP contribution < -0.4 is 4.74 Å². The number of rotatable bonds is 2. The van der Waals surface area contributed by atoms with Gasteiger partial charge in [-0.25, -0.2) is 9.97 Å². The van der Waals surface area contributed by atoms with E-state index in [2.05, 4.69) is 19.4 Å². The van der Waals surface area contributed by atoms with E-state index in [9.17, 15) is 0 Å². The maximum atomic E-state index is 5.29. The Morgan fingerprint density at radius 2 is 1.75 bits per heavy atom. The van der Waals surface area contributed by atoms with E-state index in [1.807, 2.05) is 45.2 Å². The summed E-state index contributed by atoms with van der Waals surface area (Å²) in [5.74, 6) is 1.40. The van der Waals surface area contributed by atoms with Crippen LogP contribution >= 0.6 is 0 Å². The summed E-state index contributed by atoms with van der Waals surface area (Å²) in [6, 6.07) is 5.72. The Hall–Kier alpha value is -3.02. The molecule has 6 nitrogen and oxygen atoms in total. The van der Waals surface area contributed by atoms with Gasteiger partial charge in [0.15, 0.2) is 5.65 Å². The molecule has 4 aromatic rings. The summed E-state index contributed by atoms with van der Waals surface area (Å²) in [5, 5.41) is 0. The first-order valence-electron chi connectivity index (χ1n) is 7.71. The molecule has 0 amide bonds.